The minimum atomic E-state index is -0.112. The summed E-state index contributed by atoms with van der Waals surface area (Å²) < 4.78 is 0. The summed E-state index contributed by atoms with van der Waals surface area (Å²) in [6.45, 7) is 6.05. The third-order valence-electron chi connectivity index (χ3n) is 2.78. The first-order valence-electron chi connectivity index (χ1n) is 5.79. The van der Waals surface area contributed by atoms with Gasteiger partial charge in [-0.3, -0.25) is 14.9 Å². The van der Waals surface area contributed by atoms with Crippen molar-refractivity contribution in [1.82, 2.24) is 20.5 Å². The number of H-pyrrole nitrogens is 1. The van der Waals surface area contributed by atoms with E-state index in [1.54, 1.807) is 6.20 Å². The monoisotopic (exact) mass is 244 g/mol. The summed E-state index contributed by atoms with van der Waals surface area (Å²) in [6.07, 6.45) is 1.77. The lowest BCUT2D eigenvalue weighted by Gasteiger charge is -2.05. The van der Waals surface area contributed by atoms with Gasteiger partial charge in [0.25, 0.3) is 5.91 Å². The highest BCUT2D eigenvalue weighted by Gasteiger charge is 2.14. The van der Waals surface area contributed by atoms with Crippen molar-refractivity contribution in [3.8, 4) is 0 Å². The Morgan fingerprint density at radius 1 is 1.33 bits per heavy atom. The highest BCUT2D eigenvalue weighted by atomic mass is 16.1. The van der Waals surface area contributed by atoms with E-state index in [0.717, 1.165) is 17.0 Å². The standard InChI is InChI=1S/C13H16N4O/c1-8-4-5-11(6-14-8)7-15-13(18)12-9(2)16-17-10(12)3/h4-6H,7H2,1-3H3,(H,15,18)(H,16,17). The second-order valence-corrected chi connectivity index (χ2v) is 4.30. The minimum absolute atomic E-state index is 0.112. The van der Waals surface area contributed by atoms with Gasteiger partial charge in [0.2, 0.25) is 0 Å². The van der Waals surface area contributed by atoms with E-state index < -0.39 is 0 Å². The van der Waals surface area contributed by atoms with E-state index >= 15 is 0 Å². The molecule has 0 aliphatic heterocycles. The Labute approximate surface area is 106 Å². The van der Waals surface area contributed by atoms with Crippen molar-refractivity contribution in [2.24, 2.45) is 0 Å². The maximum Gasteiger partial charge on any atom is 0.255 e. The number of hydrogen-bond acceptors (Lipinski definition) is 3. The van der Waals surface area contributed by atoms with Crippen LogP contribution in [0.3, 0.4) is 0 Å². The second-order valence-electron chi connectivity index (χ2n) is 4.30. The van der Waals surface area contributed by atoms with Crippen LogP contribution in [-0.4, -0.2) is 21.1 Å². The van der Waals surface area contributed by atoms with E-state index in [2.05, 4.69) is 20.5 Å². The molecule has 2 heterocycles. The Kier molecular flexibility index (Phi) is 3.41. The zero-order valence-corrected chi connectivity index (χ0v) is 10.7. The van der Waals surface area contributed by atoms with Crippen LogP contribution in [0.25, 0.3) is 0 Å². The van der Waals surface area contributed by atoms with E-state index in [1.807, 2.05) is 32.9 Å². The summed E-state index contributed by atoms with van der Waals surface area (Å²) in [7, 11) is 0. The van der Waals surface area contributed by atoms with Crippen LogP contribution >= 0.6 is 0 Å². The number of hydrogen-bond donors (Lipinski definition) is 2. The number of carbonyl (C=O) groups is 1. The van der Waals surface area contributed by atoms with Crippen molar-refractivity contribution in [2.75, 3.05) is 0 Å². The molecule has 2 aromatic heterocycles. The maximum atomic E-state index is 12.0. The molecule has 0 bridgehead atoms. The van der Waals surface area contributed by atoms with Crippen molar-refractivity contribution in [3.63, 3.8) is 0 Å². The molecule has 0 saturated heterocycles. The molecule has 0 atom stereocenters. The summed E-state index contributed by atoms with van der Waals surface area (Å²) in [5, 5.41) is 9.67. The van der Waals surface area contributed by atoms with E-state index in [0.29, 0.717) is 17.8 Å². The fraction of sp³-hybridized carbons (Fsp3) is 0.308. The summed E-state index contributed by atoms with van der Waals surface area (Å²) >= 11 is 0. The molecule has 2 rings (SSSR count). The molecule has 0 aromatic carbocycles. The van der Waals surface area contributed by atoms with Gasteiger partial charge in [-0.05, 0) is 32.4 Å². The maximum absolute atomic E-state index is 12.0. The van der Waals surface area contributed by atoms with Gasteiger partial charge in [0, 0.05) is 24.1 Å². The van der Waals surface area contributed by atoms with Crippen LogP contribution in [0.1, 0.15) is 33.0 Å². The molecule has 0 saturated carbocycles. The van der Waals surface area contributed by atoms with Gasteiger partial charge in [-0.15, -0.1) is 0 Å². The minimum Gasteiger partial charge on any atom is -0.348 e. The van der Waals surface area contributed by atoms with E-state index in [9.17, 15) is 4.79 Å². The average Bonchev–Trinajstić information content (AvgIpc) is 2.68. The molecule has 94 valence electrons. The molecule has 0 unspecified atom stereocenters. The molecule has 2 aromatic rings. The molecular weight excluding hydrogens is 228 g/mol. The van der Waals surface area contributed by atoms with Crippen LogP contribution in [0.5, 0.6) is 0 Å². The summed E-state index contributed by atoms with van der Waals surface area (Å²) in [5.41, 5.74) is 4.06. The van der Waals surface area contributed by atoms with Gasteiger partial charge < -0.3 is 5.32 Å². The van der Waals surface area contributed by atoms with E-state index in [1.165, 1.54) is 0 Å². The summed E-state index contributed by atoms with van der Waals surface area (Å²) in [6, 6.07) is 3.88. The van der Waals surface area contributed by atoms with Crippen molar-refractivity contribution < 1.29 is 4.79 Å². The Morgan fingerprint density at radius 3 is 2.67 bits per heavy atom. The third kappa shape index (κ3) is 2.56. The topological polar surface area (TPSA) is 70.7 Å². The van der Waals surface area contributed by atoms with Crippen molar-refractivity contribution >= 4 is 5.91 Å². The van der Waals surface area contributed by atoms with Crippen molar-refractivity contribution in [1.29, 1.82) is 0 Å². The number of amides is 1. The van der Waals surface area contributed by atoms with Gasteiger partial charge in [-0.25, -0.2) is 0 Å². The number of aromatic amines is 1. The number of aromatic nitrogens is 3. The first-order valence-corrected chi connectivity index (χ1v) is 5.79. The molecule has 0 aliphatic rings. The van der Waals surface area contributed by atoms with Crippen LogP contribution in [-0.2, 0) is 6.54 Å². The molecule has 5 heteroatoms. The molecule has 0 radical (unpaired) electrons. The van der Waals surface area contributed by atoms with Crippen LogP contribution in [0, 0.1) is 20.8 Å². The second kappa shape index (κ2) is 5.00. The van der Waals surface area contributed by atoms with E-state index in [4.69, 9.17) is 0 Å². The lowest BCUT2D eigenvalue weighted by molar-refractivity contribution is 0.0949. The highest BCUT2D eigenvalue weighted by molar-refractivity contribution is 5.96. The number of rotatable bonds is 3. The predicted molar refractivity (Wildman–Crippen MR) is 68.2 cm³/mol. The fourth-order valence-corrected chi connectivity index (χ4v) is 1.76. The van der Waals surface area contributed by atoms with Crippen LogP contribution < -0.4 is 5.32 Å². The molecule has 1 amide bonds. The highest BCUT2D eigenvalue weighted by Crippen LogP contribution is 2.09. The summed E-state index contributed by atoms with van der Waals surface area (Å²) in [5.74, 6) is -0.112. The first-order chi connectivity index (χ1) is 8.58. The van der Waals surface area contributed by atoms with Gasteiger partial charge in [-0.1, -0.05) is 6.07 Å². The first kappa shape index (κ1) is 12.3. The van der Waals surface area contributed by atoms with Gasteiger partial charge in [-0.2, -0.15) is 5.10 Å². The quantitative estimate of drug-likeness (QED) is 0.862. The smallest absolute Gasteiger partial charge is 0.255 e. The number of carbonyl (C=O) groups excluding carboxylic acids is 1. The lowest BCUT2D eigenvalue weighted by atomic mass is 10.2. The van der Waals surface area contributed by atoms with Crippen molar-refractivity contribution in [3.05, 3.63) is 46.5 Å². The molecule has 2 N–H and O–H groups in total. The molecule has 18 heavy (non-hydrogen) atoms. The number of pyridine rings is 1. The van der Waals surface area contributed by atoms with Gasteiger partial charge >= 0.3 is 0 Å². The number of nitrogens with zero attached hydrogens (tertiary/aromatic N) is 2. The van der Waals surface area contributed by atoms with Gasteiger partial charge in [0.05, 0.1) is 11.3 Å². The Morgan fingerprint density at radius 2 is 2.11 bits per heavy atom. The normalized spacial score (nSPS) is 10.4. The van der Waals surface area contributed by atoms with E-state index in [-0.39, 0.29) is 5.91 Å². The number of aryl methyl sites for hydroxylation is 3. The third-order valence-corrected chi connectivity index (χ3v) is 2.78. The molecule has 5 nitrogen and oxygen atoms in total. The largest absolute Gasteiger partial charge is 0.348 e. The zero-order chi connectivity index (χ0) is 13.1. The van der Waals surface area contributed by atoms with Gasteiger partial charge in [0.1, 0.15) is 0 Å². The Balaban J connectivity index is 2.03. The SMILES string of the molecule is Cc1ccc(CNC(=O)c2c(C)n[nH]c2C)cn1. The zero-order valence-electron chi connectivity index (χ0n) is 10.7. The Hall–Kier alpha value is -2.17. The lowest BCUT2D eigenvalue weighted by Crippen LogP contribution is -2.23. The van der Waals surface area contributed by atoms with Crippen LogP contribution in [0.15, 0.2) is 18.3 Å². The predicted octanol–water partition coefficient (Wildman–Crippen LogP) is 1.66. The van der Waals surface area contributed by atoms with Crippen LogP contribution in [0.4, 0.5) is 0 Å². The molecule has 0 spiro atoms. The Bertz CT molecular complexity index is 537. The number of nitrogens with one attached hydrogen (secondary N) is 2. The molecule has 0 aliphatic carbocycles. The van der Waals surface area contributed by atoms with Crippen molar-refractivity contribution in [2.45, 2.75) is 27.3 Å². The fourth-order valence-electron chi connectivity index (χ4n) is 1.76. The molecular formula is C13H16N4O. The van der Waals surface area contributed by atoms with Gasteiger partial charge in [0.15, 0.2) is 0 Å². The summed E-state index contributed by atoms with van der Waals surface area (Å²) in [4.78, 5) is 16.2. The average molecular weight is 244 g/mol. The molecule has 0 fully saturated rings. The van der Waals surface area contributed by atoms with Crippen LogP contribution in [0.2, 0.25) is 0 Å².